The zero-order valence-corrected chi connectivity index (χ0v) is 10.6. The van der Waals surface area contributed by atoms with E-state index in [4.69, 9.17) is 10.3 Å². The Kier molecular flexibility index (Phi) is 3.12. The number of hydrogen-bond donors (Lipinski definition) is 0. The number of aryl methyl sites for hydroxylation is 1. The predicted octanol–water partition coefficient (Wildman–Crippen LogP) is 4.02. The number of hydrogen-bond acceptors (Lipinski definition) is 2. The fraction of sp³-hybridized carbons (Fsp3) is 0.176. The lowest BCUT2D eigenvalue weighted by Crippen LogP contribution is -2.11. The number of nitriles is 1. The van der Waals surface area contributed by atoms with E-state index < -0.39 is 0 Å². The number of nitrogens with zero attached hydrogens (tertiary/aromatic N) is 2. The molecule has 2 aromatic carbocycles. The smallest absolute Gasteiger partial charge is 0.0991 e. The van der Waals surface area contributed by atoms with Crippen molar-refractivity contribution in [3.63, 3.8) is 0 Å². The summed E-state index contributed by atoms with van der Waals surface area (Å²) in [6, 6.07) is 18.1. The van der Waals surface area contributed by atoms with Gasteiger partial charge in [-0.05, 0) is 54.7 Å². The highest BCUT2D eigenvalue weighted by molar-refractivity contribution is 6.04. The van der Waals surface area contributed by atoms with Gasteiger partial charge in [0.25, 0.3) is 0 Å². The molecule has 3 rings (SSSR count). The molecule has 2 heteroatoms. The van der Waals surface area contributed by atoms with E-state index in [0.717, 1.165) is 30.7 Å². The standard InChI is InChI=1S/C17H14N2/c18-12-13-8-10-15(11-9-13)19-17-7-3-5-14-4-1-2-6-16(14)17/h1-2,4,6,8-11H,3,5,7H2. The average molecular weight is 246 g/mol. The molecule has 0 saturated heterocycles. The fourth-order valence-corrected chi connectivity index (χ4v) is 2.48. The molecule has 0 radical (unpaired) electrons. The van der Waals surface area contributed by atoms with E-state index in [1.54, 1.807) is 0 Å². The van der Waals surface area contributed by atoms with Crippen LogP contribution < -0.4 is 0 Å². The van der Waals surface area contributed by atoms with Crippen molar-refractivity contribution in [3.05, 3.63) is 65.2 Å². The first-order valence-electron chi connectivity index (χ1n) is 6.53. The molecule has 92 valence electrons. The molecular formula is C17H14N2. The van der Waals surface area contributed by atoms with Gasteiger partial charge in [0.2, 0.25) is 0 Å². The Labute approximate surface area is 113 Å². The third-order valence-corrected chi connectivity index (χ3v) is 3.45. The third kappa shape index (κ3) is 2.41. The summed E-state index contributed by atoms with van der Waals surface area (Å²) in [4.78, 5) is 4.74. The van der Waals surface area contributed by atoms with Crippen LogP contribution in [-0.2, 0) is 6.42 Å². The summed E-state index contributed by atoms with van der Waals surface area (Å²) in [6.45, 7) is 0. The maximum absolute atomic E-state index is 8.79. The highest BCUT2D eigenvalue weighted by Crippen LogP contribution is 2.24. The van der Waals surface area contributed by atoms with Crippen molar-refractivity contribution in [1.29, 1.82) is 5.26 Å². The Morgan fingerprint density at radius 2 is 1.74 bits per heavy atom. The van der Waals surface area contributed by atoms with Crippen LogP contribution in [0.1, 0.15) is 29.5 Å². The van der Waals surface area contributed by atoms with Crippen LogP contribution in [0.3, 0.4) is 0 Å². The van der Waals surface area contributed by atoms with Crippen molar-refractivity contribution in [2.75, 3.05) is 0 Å². The molecule has 0 spiro atoms. The van der Waals surface area contributed by atoms with Gasteiger partial charge in [-0.2, -0.15) is 5.26 Å². The maximum atomic E-state index is 8.79. The molecule has 2 nitrogen and oxygen atoms in total. The minimum absolute atomic E-state index is 0.674. The van der Waals surface area contributed by atoms with Gasteiger partial charge in [-0.3, -0.25) is 4.99 Å². The topological polar surface area (TPSA) is 36.1 Å². The molecule has 1 aliphatic rings. The van der Waals surface area contributed by atoms with Crippen molar-refractivity contribution in [2.24, 2.45) is 4.99 Å². The van der Waals surface area contributed by atoms with Crippen LogP contribution in [0.15, 0.2) is 53.5 Å². The monoisotopic (exact) mass is 246 g/mol. The molecule has 19 heavy (non-hydrogen) atoms. The van der Waals surface area contributed by atoms with Crippen LogP contribution in [0, 0.1) is 11.3 Å². The Morgan fingerprint density at radius 3 is 2.53 bits per heavy atom. The van der Waals surface area contributed by atoms with Gasteiger partial charge in [0.1, 0.15) is 0 Å². The lowest BCUT2D eigenvalue weighted by molar-refractivity contribution is 0.839. The summed E-state index contributed by atoms with van der Waals surface area (Å²) >= 11 is 0. The van der Waals surface area contributed by atoms with Gasteiger partial charge in [-0.1, -0.05) is 24.3 Å². The molecule has 0 fully saturated rings. The normalized spacial score (nSPS) is 15.8. The van der Waals surface area contributed by atoms with Crippen molar-refractivity contribution < 1.29 is 0 Å². The van der Waals surface area contributed by atoms with Crippen LogP contribution in [-0.4, -0.2) is 5.71 Å². The molecule has 0 N–H and O–H groups in total. The molecule has 0 aliphatic heterocycles. The molecule has 0 atom stereocenters. The first-order valence-corrected chi connectivity index (χ1v) is 6.53. The van der Waals surface area contributed by atoms with Crippen molar-refractivity contribution in [2.45, 2.75) is 19.3 Å². The summed E-state index contributed by atoms with van der Waals surface area (Å²) in [6.07, 6.45) is 3.33. The largest absolute Gasteiger partial charge is 0.253 e. The second-order valence-corrected chi connectivity index (χ2v) is 4.73. The van der Waals surface area contributed by atoms with Gasteiger partial charge in [-0.25, -0.2) is 0 Å². The Bertz CT molecular complexity index is 660. The van der Waals surface area contributed by atoms with E-state index >= 15 is 0 Å². The van der Waals surface area contributed by atoms with Crippen molar-refractivity contribution >= 4 is 11.4 Å². The molecule has 2 aromatic rings. The molecule has 0 saturated carbocycles. The third-order valence-electron chi connectivity index (χ3n) is 3.45. The van der Waals surface area contributed by atoms with E-state index in [-0.39, 0.29) is 0 Å². The molecule has 0 heterocycles. The molecule has 0 bridgehead atoms. The fourth-order valence-electron chi connectivity index (χ4n) is 2.48. The Hall–Kier alpha value is -2.40. The average Bonchev–Trinajstić information content (AvgIpc) is 2.48. The second kappa shape index (κ2) is 5.07. The van der Waals surface area contributed by atoms with E-state index in [9.17, 15) is 0 Å². The molecule has 0 unspecified atom stereocenters. The van der Waals surface area contributed by atoms with Gasteiger partial charge in [-0.15, -0.1) is 0 Å². The minimum Gasteiger partial charge on any atom is -0.253 e. The van der Waals surface area contributed by atoms with Crippen molar-refractivity contribution in [3.8, 4) is 6.07 Å². The second-order valence-electron chi connectivity index (χ2n) is 4.73. The van der Waals surface area contributed by atoms with E-state index in [1.165, 1.54) is 11.1 Å². The minimum atomic E-state index is 0.674. The summed E-state index contributed by atoms with van der Waals surface area (Å²) in [5, 5.41) is 8.79. The van der Waals surface area contributed by atoms with E-state index in [2.05, 4.69) is 30.3 Å². The number of aliphatic imine (C=N–C) groups is 1. The predicted molar refractivity (Wildman–Crippen MR) is 76.7 cm³/mol. The van der Waals surface area contributed by atoms with Crippen LogP contribution >= 0.6 is 0 Å². The zero-order valence-electron chi connectivity index (χ0n) is 10.6. The van der Waals surface area contributed by atoms with Crippen LogP contribution in [0.2, 0.25) is 0 Å². The molecule has 0 amide bonds. The maximum Gasteiger partial charge on any atom is 0.0991 e. The van der Waals surface area contributed by atoms with Gasteiger partial charge in [0.05, 0.1) is 17.3 Å². The van der Waals surface area contributed by atoms with Crippen LogP contribution in [0.5, 0.6) is 0 Å². The Balaban J connectivity index is 1.98. The number of rotatable bonds is 1. The van der Waals surface area contributed by atoms with Crippen molar-refractivity contribution in [1.82, 2.24) is 0 Å². The lowest BCUT2D eigenvalue weighted by atomic mass is 9.90. The van der Waals surface area contributed by atoms with Gasteiger partial charge < -0.3 is 0 Å². The van der Waals surface area contributed by atoms with Gasteiger partial charge in [0, 0.05) is 5.71 Å². The number of fused-ring (bicyclic) bond motifs is 1. The Morgan fingerprint density at radius 1 is 0.947 bits per heavy atom. The lowest BCUT2D eigenvalue weighted by Gasteiger charge is -2.17. The molecular weight excluding hydrogens is 232 g/mol. The molecule has 1 aliphatic carbocycles. The summed E-state index contributed by atoms with van der Waals surface area (Å²) in [7, 11) is 0. The summed E-state index contributed by atoms with van der Waals surface area (Å²) < 4.78 is 0. The van der Waals surface area contributed by atoms with Crippen LogP contribution in [0.25, 0.3) is 0 Å². The van der Waals surface area contributed by atoms with Gasteiger partial charge >= 0.3 is 0 Å². The SMILES string of the molecule is N#Cc1ccc(N=C2CCCc3ccccc32)cc1. The highest BCUT2D eigenvalue weighted by Gasteiger charge is 2.14. The first kappa shape index (κ1) is 11.7. The zero-order chi connectivity index (χ0) is 13.1. The summed E-state index contributed by atoms with van der Waals surface area (Å²) in [5.41, 5.74) is 5.42. The van der Waals surface area contributed by atoms with E-state index in [0.29, 0.717) is 5.56 Å². The number of benzene rings is 2. The summed E-state index contributed by atoms with van der Waals surface area (Å²) in [5.74, 6) is 0. The van der Waals surface area contributed by atoms with E-state index in [1.807, 2.05) is 24.3 Å². The molecule has 0 aromatic heterocycles. The first-order chi connectivity index (χ1) is 9.36. The van der Waals surface area contributed by atoms with Crippen LogP contribution in [0.4, 0.5) is 5.69 Å². The van der Waals surface area contributed by atoms with Gasteiger partial charge in [0.15, 0.2) is 0 Å². The highest BCUT2D eigenvalue weighted by atomic mass is 14.7. The quantitative estimate of drug-likeness (QED) is 0.748.